The molecule has 120 valence electrons. The summed E-state index contributed by atoms with van der Waals surface area (Å²) in [6.45, 7) is 10.1. The van der Waals surface area contributed by atoms with Crippen LogP contribution >= 0.6 is 0 Å². The molecule has 1 saturated carbocycles. The third-order valence-corrected chi connectivity index (χ3v) is 5.46. The van der Waals surface area contributed by atoms with Crippen LogP contribution in [0.3, 0.4) is 0 Å². The molecule has 21 heavy (non-hydrogen) atoms. The van der Waals surface area contributed by atoms with E-state index >= 15 is 0 Å². The molecule has 0 bridgehead atoms. The van der Waals surface area contributed by atoms with E-state index in [1.807, 2.05) is 4.68 Å². The number of hydrogen-bond acceptors (Lipinski definition) is 2. The van der Waals surface area contributed by atoms with E-state index in [2.05, 4.69) is 45.2 Å². The van der Waals surface area contributed by atoms with Crippen molar-refractivity contribution in [1.82, 2.24) is 15.1 Å². The van der Waals surface area contributed by atoms with Crippen molar-refractivity contribution < 1.29 is 0 Å². The Morgan fingerprint density at radius 2 is 1.90 bits per heavy atom. The van der Waals surface area contributed by atoms with Crippen LogP contribution in [0.4, 0.5) is 0 Å². The van der Waals surface area contributed by atoms with Crippen molar-refractivity contribution in [1.29, 1.82) is 0 Å². The molecule has 1 fully saturated rings. The second kappa shape index (κ2) is 7.44. The molecule has 3 nitrogen and oxygen atoms in total. The molecule has 1 unspecified atom stereocenters. The van der Waals surface area contributed by atoms with Crippen LogP contribution in [0.1, 0.15) is 62.9 Å². The second-order valence-electron chi connectivity index (χ2n) is 7.00. The second-order valence-corrected chi connectivity index (χ2v) is 7.00. The largest absolute Gasteiger partial charge is 0.314 e. The highest BCUT2D eigenvalue weighted by atomic mass is 15.3. The molecular weight excluding hydrogens is 258 g/mol. The van der Waals surface area contributed by atoms with Gasteiger partial charge in [0.25, 0.3) is 0 Å². The Labute approximate surface area is 130 Å². The van der Waals surface area contributed by atoms with Crippen molar-refractivity contribution >= 4 is 0 Å². The molecule has 0 radical (unpaired) electrons. The minimum Gasteiger partial charge on any atom is -0.314 e. The summed E-state index contributed by atoms with van der Waals surface area (Å²) in [5.41, 5.74) is 4.01. The molecule has 0 aromatic carbocycles. The Bertz CT molecular complexity index is 442. The minimum absolute atomic E-state index is 0.682. The SMILES string of the molecule is CCNC(CCc1c(C)nn(C)c1C)C1CCC(C)CC1. The summed E-state index contributed by atoms with van der Waals surface area (Å²) in [7, 11) is 2.05. The molecule has 0 aliphatic heterocycles. The quantitative estimate of drug-likeness (QED) is 0.864. The van der Waals surface area contributed by atoms with Crippen LogP contribution in [0.15, 0.2) is 0 Å². The fourth-order valence-corrected chi connectivity index (χ4v) is 3.93. The first-order valence-electron chi connectivity index (χ1n) is 8.75. The lowest BCUT2D eigenvalue weighted by molar-refractivity contribution is 0.224. The van der Waals surface area contributed by atoms with Crippen molar-refractivity contribution in [3.63, 3.8) is 0 Å². The fourth-order valence-electron chi connectivity index (χ4n) is 3.93. The standard InChI is InChI=1S/C18H33N3/c1-6-19-18(16-9-7-13(2)8-10-16)12-11-17-14(3)20-21(5)15(17)4/h13,16,18-19H,6-12H2,1-5H3. The number of rotatable bonds is 6. The zero-order chi connectivity index (χ0) is 15.4. The molecule has 1 aromatic rings. The number of aromatic nitrogens is 2. The molecule has 1 aromatic heterocycles. The normalized spacial score (nSPS) is 24.2. The van der Waals surface area contributed by atoms with E-state index in [0.29, 0.717) is 6.04 Å². The highest BCUT2D eigenvalue weighted by molar-refractivity contribution is 5.24. The zero-order valence-electron chi connectivity index (χ0n) is 14.6. The molecule has 2 rings (SSSR count). The summed E-state index contributed by atoms with van der Waals surface area (Å²) in [6.07, 6.45) is 8.05. The van der Waals surface area contributed by atoms with E-state index in [0.717, 1.165) is 24.8 Å². The van der Waals surface area contributed by atoms with Crippen molar-refractivity contribution in [3.05, 3.63) is 17.0 Å². The van der Waals surface area contributed by atoms with E-state index in [1.165, 1.54) is 49.1 Å². The zero-order valence-corrected chi connectivity index (χ0v) is 14.6. The van der Waals surface area contributed by atoms with E-state index in [9.17, 15) is 0 Å². The van der Waals surface area contributed by atoms with E-state index in [1.54, 1.807) is 0 Å². The molecule has 1 aliphatic carbocycles. The summed E-state index contributed by atoms with van der Waals surface area (Å²) >= 11 is 0. The molecule has 3 heteroatoms. The van der Waals surface area contributed by atoms with Gasteiger partial charge in [-0.05, 0) is 63.5 Å². The molecule has 0 amide bonds. The lowest BCUT2D eigenvalue weighted by Crippen LogP contribution is -2.38. The van der Waals surface area contributed by atoms with Crippen molar-refractivity contribution in [3.8, 4) is 0 Å². The number of hydrogen-bond donors (Lipinski definition) is 1. The summed E-state index contributed by atoms with van der Waals surface area (Å²) in [5, 5.41) is 8.31. The van der Waals surface area contributed by atoms with Gasteiger partial charge in [0.1, 0.15) is 0 Å². The van der Waals surface area contributed by atoms with E-state index < -0.39 is 0 Å². The smallest absolute Gasteiger partial charge is 0.0628 e. The summed E-state index contributed by atoms with van der Waals surface area (Å²) < 4.78 is 2.02. The topological polar surface area (TPSA) is 29.9 Å². The van der Waals surface area contributed by atoms with Gasteiger partial charge in [-0.2, -0.15) is 5.10 Å². The molecular formula is C18H33N3. The Hall–Kier alpha value is -0.830. The molecule has 0 saturated heterocycles. The van der Waals surface area contributed by atoms with Gasteiger partial charge in [0.2, 0.25) is 0 Å². The monoisotopic (exact) mass is 291 g/mol. The Kier molecular flexibility index (Phi) is 5.86. The minimum atomic E-state index is 0.682. The lowest BCUT2D eigenvalue weighted by atomic mass is 9.78. The van der Waals surface area contributed by atoms with Crippen molar-refractivity contribution in [2.75, 3.05) is 6.54 Å². The highest BCUT2D eigenvalue weighted by Gasteiger charge is 2.25. The average Bonchev–Trinajstić information content (AvgIpc) is 2.70. The van der Waals surface area contributed by atoms with Crippen LogP contribution < -0.4 is 5.32 Å². The lowest BCUT2D eigenvalue weighted by Gasteiger charge is -2.33. The predicted octanol–water partition coefficient (Wildman–Crippen LogP) is 3.77. The fraction of sp³-hybridized carbons (Fsp3) is 0.833. The van der Waals surface area contributed by atoms with Crippen molar-refractivity contribution in [2.24, 2.45) is 18.9 Å². The predicted molar refractivity (Wildman–Crippen MR) is 89.6 cm³/mol. The van der Waals surface area contributed by atoms with Crippen molar-refractivity contribution in [2.45, 2.75) is 72.3 Å². The van der Waals surface area contributed by atoms with Crippen LogP contribution in [0.25, 0.3) is 0 Å². The number of aryl methyl sites for hydroxylation is 2. The van der Waals surface area contributed by atoms with E-state index in [-0.39, 0.29) is 0 Å². The van der Waals surface area contributed by atoms with Crippen LogP contribution in [-0.2, 0) is 13.5 Å². The van der Waals surface area contributed by atoms with Crippen LogP contribution in [0.2, 0.25) is 0 Å². The average molecular weight is 291 g/mol. The Morgan fingerprint density at radius 3 is 2.43 bits per heavy atom. The van der Waals surface area contributed by atoms with Crippen LogP contribution in [0.5, 0.6) is 0 Å². The number of nitrogens with zero attached hydrogens (tertiary/aromatic N) is 2. The maximum Gasteiger partial charge on any atom is 0.0628 e. The first-order valence-corrected chi connectivity index (χ1v) is 8.75. The van der Waals surface area contributed by atoms with Gasteiger partial charge in [0.05, 0.1) is 5.69 Å². The summed E-state index contributed by atoms with van der Waals surface area (Å²) in [5.74, 6) is 1.81. The first-order chi connectivity index (χ1) is 10.0. The molecule has 0 spiro atoms. The summed E-state index contributed by atoms with van der Waals surface area (Å²) in [6, 6.07) is 0.682. The molecule has 1 N–H and O–H groups in total. The van der Waals surface area contributed by atoms with Gasteiger partial charge < -0.3 is 5.32 Å². The molecule has 1 atom stereocenters. The maximum atomic E-state index is 4.55. The van der Waals surface area contributed by atoms with Gasteiger partial charge in [0, 0.05) is 18.8 Å². The van der Waals surface area contributed by atoms with Crippen LogP contribution in [0, 0.1) is 25.7 Å². The van der Waals surface area contributed by atoms with Gasteiger partial charge in [-0.1, -0.05) is 26.7 Å². The summed E-state index contributed by atoms with van der Waals surface area (Å²) in [4.78, 5) is 0. The van der Waals surface area contributed by atoms with Gasteiger partial charge >= 0.3 is 0 Å². The first kappa shape index (κ1) is 16.5. The van der Waals surface area contributed by atoms with E-state index in [4.69, 9.17) is 0 Å². The third-order valence-electron chi connectivity index (χ3n) is 5.46. The number of nitrogens with one attached hydrogen (secondary N) is 1. The third kappa shape index (κ3) is 4.09. The molecule has 1 aliphatic rings. The van der Waals surface area contributed by atoms with Gasteiger partial charge in [-0.25, -0.2) is 0 Å². The Morgan fingerprint density at radius 1 is 1.24 bits per heavy atom. The molecule has 1 heterocycles. The Balaban J connectivity index is 1.96. The van der Waals surface area contributed by atoms with Crippen LogP contribution in [-0.4, -0.2) is 22.4 Å². The van der Waals surface area contributed by atoms with Gasteiger partial charge in [-0.3, -0.25) is 4.68 Å². The van der Waals surface area contributed by atoms with Gasteiger partial charge in [-0.15, -0.1) is 0 Å². The van der Waals surface area contributed by atoms with Gasteiger partial charge in [0.15, 0.2) is 0 Å². The highest BCUT2D eigenvalue weighted by Crippen LogP contribution is 2.32. The maximum absolute atomic E-state index is 4.55.